The van der Waals surface area contributed by atoms with E-state index in [1.165, 1.54) is 0 Å². The quantitative estimate of drug-likeness (QED) is 0.271. The van der Waals surface area contributed by atoms with Gasteiger partial charge in [0, 0.05) is 23.5 Å². The van der Waals surface area contributed by atoms with Crippen LogP contribution in [0.4, 0.5) is 11.8 Å². The Hall–Kier alpha value is -5.02. The van der Waals surface area contributed by atoms with Gasteiger partial charge in [-0.2, -0.15) is 10.1 Å². The molecule has 10 heteroatoms. The van der Waals surface area contributed by atoms with Crippen LogP contribution in [0, 0.1) is 0 Å². The summed E-state index contributed by atoms with van der Waals surface area (Å²) in [5.74, 6) is 1.11. The molecule has 0 radical (unpaired) electrons. The highest BCUT2D eigenvalue weighted by atomic mass is 35.5. The summed E-state index contributed by atoms with van der Waals surface area (Å²) in [5.41, 5.74) is 9.61. The Balaban J connectivity index is 1.41. The van der Waals surface area contributed by atoms with Crippen molar-refractivity contribution in [1.29, 1.82) is 0 Å². The minimum Gasteiger partial charge on any atom is -0.368 e. The number of hydrogen-bond donors (Lipinski definition) is 2. The molecule has 3 heterocycles. The normalized spacial score (nSPS) is 11.9. The van der Waals surface area contributed by atoms with Gasteiger partial charge in [0.2, 0.25) is 5.95 Å². The van der Waals surface area contributed by atoms with Crippen LogP contribution in [0.3, 0.4) is 0 Å². The zero-order valence-corrected chi connectivity index (χ0v) is 22.3. The van der Waals surface area contributed by atoms with E-state index in [1.54, 1.807) is 35.2 Å². The molecule has 0 unspecified atom stereocenters. The van der Waals surface area contributed by atoms with Crippen LogP contribution in [0.1, 0.15) is 24.4 Å². The van der Waals surface area contributed by atoms with Crippen molar-refractivity contribution in [2.24, 2.45) is 0 Å². The average molecular weight is 549 g/mol. The number of fused-ring (bicyclic) bond motifs is 1. The Bertz CT molecular complexity index is 1870. The maximum atomic E-state index is 13.8. The molecule has 0 aliphatic heterocycles. The summed E-state index contributed by atoms with van der Waals surface area (Å²) in [6.07, 6.45) is 5.37. The van der Waals surface area contributed by atoms with Crippen LogP contribution in [0.15, 0.2) is 102 Å². The summed E-state index contributed by atoms with van der Waals surface area (Å²) >= 11 is 6.43. The highest BCUT2D eigenvalue weighted by Gasteiger charge is 2.21. The third kappa shape index (κ3) is 4.90. The Morgan fingerprint density at radius 2 is 1.70 bits per heavy atom. The van der Waals surface area contributed by atoms with E-state index in [0.29, 0.717) is 39.8 Å². The molecule has 0 saturated carbocycles. The molecule has 0 bridgehead atoms. The van der Waals surface area contributed by atoms with Crippen molar-refractivity contribution in [3.63, 3.8) is 0 Å². The molecule has 3 N–H and O–H groups in total. The smallest absolute Gasteiger partial charge is 0.267 e. The van der Waals surface area contributed by atoms with Gasteiger partial charge in [0.25, 0.3) is 5.56 Å². The fraction of sp³-hybridized carbons (Fsp3) is 0.100. The van der Waals surface area contributed by atoms with Crippen molar-refractivity contribution in [3.05, 3.63) is 124 Å². The van der Waals surface area contributed by atoms with Crippen LogP contribution < -0.4 is 16.6 Å². The minimum atomic E-state index is -0.455. The highest BCUT2D eigenvalue weighted by molar-refractivity contribution is 6.35. The second-order valence-electron chi connectivity index (χ2n) is 9.35. The monoisotopic (exact) mass is 548 g/mol. The van der Waals surface area contributed by atoms with E-state index in [-0.39, 0.29) is 11.5 Å². The summed E-state index contributed by atoms with van der Waals surface area (Å²) in [4.78, 5) is 27.4. The van der Waals surface area contributed by atoms with E-state index < -0.39 is 6.04 Å². The van der Waals surface area contributed by atoms with E-state index in [0.717, 1.165) is 16.7 Å². The lowest BCUT2D eigenvalue weighted by atomic mass is 10.1. The first-order valence-corrected chi connectivity index (χ1v) is 13.1. The van der Waals surface area contributed by atoms with Crippen molar-refractivity contribution in [2.75, 3.05) is 11.1 Å². The van der Waals surface area contributed by atoms with Crippen LogP contribution in [0.25, 0.3) is 27.7 Å². The molecule has 0 aliphatic carbocycles. The van der Waals surface area contributed by atoms with Crippen molar-refractivity contribution in [1.82, 2.24) is 29.3 Å². The molecule has 9 nitrogen and oxygen atoms in total. The first kappa shape index (κ1) is 25.3. The van der Waals surface area contributed by atoms with E-state index >= 15 is 0 Å². The van der Waals surface area contributed by atoms with Crippen molar-refractivity contribution >= 4 is 34.3 Å². The standard InChI is InChI=1S/C30H25ClN8O/c1-19(28-36-25-14-8-13-24(31)26(25)29(40)39(28)22-11-6-3-7-12-22)35-27-23(16-33-30(32)37-27)21-15-34-38(18-21)17-20-9-4-2-5-10-20/h2-16,18-19H,17H2,1H3,(H3,32,33,35,37)/t19-/m0/s1. The zero-order valence-electron chi connectivity index (χ0n) is 21.6. The van der Waals surface area contributed by atoms with Gasteiger partial charge in [-0.1, -0.05) is 66.2 Å². The van der Waals surface area contributed by atoms with Gasteiger partial charge in [0.1, 0.15) is 11.6 Å². The first-order chi connectivity index (χ1) is 19.5. The molecule has 0 spiro atoms. The van der Waals surface area contributed by atoms with Crippen LogP contribution in [0.5, 0.6) is 0 Å². The third-order valence-electron chi connectivity index (χ3n) is 6.57. The molecular formula is C30H25ClN8O. The number of nitrogens with one attached hydrogen (secondary N) is 1. The summed E-state index contributed by atoms with van der Waals surface area (Å²) in [6.45, 7) is 2.54. The van der Waals surface area contributed by atoms with E-state index in [4.69, 9.17) is 22.3 Å². The van der Waals surface area contributed by atoms with Crippen LogP contribution in [-0.2, 0) is 6.54 Å². The number of para-hydroxylation sites is 1. The summed E-state index contributed by atoms with van der Waals surface area (Å²) < 4.78 is 3.43. The van der Waals surface area contributed by atoms with E-state index in [9.17, 15) is 4.79 Å². The number of nitrogen functional groups attached to an aromatic ring is 1. The van der Waals surface area contributed by atoms with Gasteiger partial charge in [-0.05, 0) is 36.8 Å². The first-order valence-electron chi connectivity index (χ1n) is 12.7. The number of benzene rings is 3. The second kappa shape index (κ2) is 10.6. The maximum Gasteiger partial charge on any atom is 0.267 e. The topological polar surface area (TPSA) is 117 Å². The van der Waals surface area contributed by atoms with Gasteiger partial charge in [-0.15, -0.1) is 0 Å². The molecular weight excluding hydrogens is 524 g/mol. The number of hydrogen-bond acceptors (Lipinski definition) is 7. The molecule has 3 aromatic carbocycles. The molecule has 0 saturated heterocycles. The average Bonchev–Trinajstić information content (AvgIpc) is 3.42. The molecule has 3 aromatic heterocycles. The number of halogens is 1. The SMILES string of the molecule is C[C@H](Nc1nc(N)ncc1-c1cnn(Cc2ccccc2)c1)c1nc2cccc(Cl)c2c(=O)n1-c1ccccc1. The predicted octanol–water partition coefficient (Wildman–Crippen LogP) is 5.50. The molecule has 6 rings (SSSR count). The zero-order chi connectivity index (χ0) is 27.6. The maximum absolute atomic E-state index is 13.8. The van der Waals surface area contributed by atoms with Gasteiger partial charge < -0.3 is 11.1 Å². The van der Waals surface area contributed by atoms with E-state index in [2.05, 4.69) is 32.5 Å². The molecule has 0 fully saturated rings. The van der Waals surface area contributed by atoms with Crippen LogP contribution in [-0.4, -0.2) is 29.3 Å². The summed E-state index contributed by atoms with van der Waals surface area (Å²) in [5, 5.41) is 8.66. The fourth-order valence-electron chi connectivity index (χ4n) is 4.67. The Morgan fingerprint density at radius 1 is 0.950 bits per heavy atom. The predicted molar refractivity (Wildman–Crippen MR) is 158 cm³/mol. The summed E-state index contributed by atoms with van der Waals surface area (Å²) in [7, 11) is 0. The van der Waals surface area contributed by atoms with Crippen molar-refractivity contribution in [2.45, 2.75) is 19.5 Å². The molecule has 0 aliphatic rings. The summed E-state index contributed by atoms with van der Waals surface area (Å²) in [6, 6.07) is 24.2. The van der Waals surface area contributed by atoms with Gasteiger partial charge in [-0.3, -0.25) is 14.0 Å². The van der Waals surface area contributed by atoms with Crippen LogP contribution in [0.2, 0.25) is 5.02 Å². The minimum absolute atomic E-state index is 0.119. The van der Waals surface area contributed by atoms with E-state index in [1.807, 2.05) is 66.3 Å². The lowest BCUT2D eigenvalue weighted by Gasteiger charge is -2.21. The lowest BCUT2D eigenvalue weighted by molar-refractivity contribution is 0.687. The second-order valence-corrected chi connectivity index (χ2v) is 9.76. The third-order valence-corrected chi connectivity index (χ3v) is 6.88. The molecule has 6 aromatic rings. The van der Waals surface area contributed by atoms with Crippen molar-refractivity contribution in [3.8, 4) is 16.8 Å². The highest BCUT2D eigenvalue weighted by Crippen LogP contribution is 2.30. The number of anilines is 2. The number of aromatic nitrogens is 6. The lowest BCUT2D eigenvalue weighted by Crippen LogP contribution is -2.27. The molecule has 1 atom stereocenters. The Kier molecular flexibility index (Phi) is 6.71. The van der Waals surface area contributed by atoms with Crippen LogP contribution >= 0.6 is 11.6 Å². The number of nitrogens with zero attached hydrogens (tertiary/aromatic N) is 6. The Morgan fingerprint density at radius 3 is 2.48 bits per heavy atom. The largest absolute Gasteiger partial charge is 0.368 e. The van der Waals surface area contributed by atoms with Gasteiger partial charge in [0.15, 0.2) is 0 Å². The number of nitrogens with two attached hydrogens (primary N) is 1. The molecule has 0 amide bonds. The molecule has 198 valence electrons. The van der Waals surface area contributed by atoms with Gasteiger partial charge in [0.05, 0.1) is 40.4 Å². The molecule has 40 heavy (non-hydrogen) atoms. The Labute approximate surface area is 234 Å². The van der Waals surface area contributed by atoms with Gasteiger partial charge >= 0.3 is 0 Å². The number of rotatable bonds is 7. The fourth-order valence-corrected chi connectivity index (χ4v) is 4.92. The van der Waals surface area contributed by atoms with Crippen molar-refractivity contribution < 1.29 is 0 Å². The van der Waals surface area contributed by atoms with Gasteiger partial charge in [-0.25, -0.2) is 9.97 Å².